The number of aliphatic hydroxyl groups excluding tert-OH is 1. The van der Waals surface area contributed by atoms with Crippen LogP contribution in [-0.2, 0) is 0 Å². The Morgan fingerprint density at radius 2 is 1.85 bits per heavy atom. The van der Waals surface area contributed by atoms with Gasteiger partial charge in [0.15, 0.2) is 11.3 Å². The monoisotopic (exact) mass is 345 g/mol. The number of benzene rings is 2. The number of pyridine rings is 1. The van der Waals surface area contributed by atoms with Crippen molar-refractivity contribution in [2.24, 2.45) is 0 Å². The number of hydrogen-bond acceptors (Lipinski definition) is 5. The highest BCUT2D eigenvalue weighted by Gasteiger charge is 2.14. The van der Waals surface area contributed by atoms with Crippen molar-refractivity contribution in [1.82, 2.24) is 4.98 Å². The van der Waals surface area contributed by atoms with Crippen molar-refractivity contribution >= 4 is 16.7 Å². The molecule has 1 heterocycles. The molecule has 0 atom stereocenters. The van der Waals surface area contributed by atoms with Gasteiger partial charge in [0.25, 0.3) is 0 Å². The van der Waals surface area contributed by atoms with Crippen LogP contribution in [0.3, 0.4) is 0 Å². The van der Waals surface area contributed by atoms with Crippen molar-refractivity contribution in [1.29, 1.82) is 10.5 Å². The first-order valence-corrected chi connectivity index (χ1v) is 7.56. The maximum Gasteiger partial charge on any atom is 0.171 e. The number of aromatic nitrogens is 1. The van der Waals surface area contributed by atoms with Gasteiger partial charge in [-0.25, -0.2) is 9.37 Å². The van der Waals surface area contributed by atoms with Crippen molar-refractivity contribution < 1.29 is 14.2 Å². The lowest BCUT2D eigenvalue weighted by atomic mass is 10.0. The third-order valence-electron chi connectivity index (χ3n) is 3.88. The Hall–Kier alpha value is -3.90. The SMILES string of the molecule is COc1cc(-c2ccccc2F)nc2cc(C(O)=C(C#N)C#N)ccc12. The molecule has 0 fully saturated rings. The Morgan fingerprint density at radius 3 is 2.50 bits per heavy atom. The molecule has 0 amide bonds. The fourth-order valence-electron chi connectivity index (χ4n) is 2.59. The first-order valence-electron chi connectivity index (χ1n) is 7.56. The molecule has 6 heteroatoms. The Morgan fingerprint density at radius 1 is 1.12 bits per heavy atom. The van der Waals surface area contributed by atoms with Crippen LogP contribution in [0.1, 0.15) is 5.56 Å². The molecule has 0 aliphatic carbocycles. The van der Waals surface area contributed by atoms with Crippen LogP contribution >= 0.6 is 0 Å². The van der Waals surface area contributed by atoms with Gasteiger partial charge in [-0.3, -0.25) is 0 Å². The number of hydrogen-bond donors (Lipinski definition) is 1. The molecule has 0 aliphatic heterocycles. The molecule has 0 aliphatic rings. The van der Waals surface area contributed by atoms with Gasteiger partial charge in [-0.2, -0.15) is 10.5 Å². The number of halogens is 1. The molecular weight excluding hydrogens is 333 g/mol. The summed E-state index contributed by atoms with van der Waals surface area (Å²) in [7, 11) is 1.49. The van der Waals surface area contributed by atoms with E-state index in [2.05, 4.69) is 4.98 Å². The maximum atomic E-state index is 14.1. The highest BCUT2D eigenvalue weighted by molar-refractivity contribution is 5.90. The smallest absolute Gasteiger partial charge is 0.171 e. The van der Waals surface area contributed by atoms with Gasteiger partial charge in [0.2, 0.25) is 0 Å². The number of nitrogens with zero attached hydrogens (tertiary/aromatic N) is 3. The van der Waals surface area contributed by atoms with Crippen molar-refractivity contribution in [2.75, 3.05) is 7.11 Å². The first kappa shape index (κ1) is 16.9. The average Bonchev–Trinajstić information content (AvgIpc) is 2.67. The van der Waals surface area contributed by atoms with Crippen LogP contribution in [0.15, 0.2) is 54.1 Å². The van der Waals surface area contributed by atoms with E-state index in [0.29, 0.717) is 27.9 Å². The van der Waals surface area contributed by atoms with E-state index in [1.165, 1.54) is 19.2 Å². The summed E-state index contributed by atoms with van der Waals surface area (Å²) in [6.07, 6.45) is 0. The van der Waals surface area contributed by atoms with Crippen LogP contribution in [0, 0.1) is 28.5 Å². The van der Waals surface area contributed by atoms with Crippen LogP contribution < -0.4 is 4.74 Å². The standard InChI is InChI=1S/C20H12FN3O2/c1-26-19-9-18(14-4-2-3-5-16(14)21)24-17-8-12(6-7-15(17)19)20(25)13(10-22)11-23/h2-9,25H,1H3. The summed E-state index contributed by atoms with van der Waals surface area (Å²) in [5.74, 6) is -0.366. The average molecular weight is 345 g/mol. The molecule has 1 aromatic heterocycles. The Balaban J connectivity index is 2.27. The zero-order chi connectivity index (χ0) is 18.7. The summed E-state index contributed by atoms with van der Waals surface area (Å²) in [6, 6.07) is 15.9. The molecule has 0 bridgehead atoms. The highest BCUT2D eigenvalue weighted by atomic mass is 19.1. The van der Waals surface area contributed by atoms with E-state index in [0.717, 1.165) is 0 Å². The third kappa shape index (κ3) is 2.92. The number of ether oxygens (including phenoxy) is 1. The lowest BCUT2D eigenvalue weighted by molar-refractivity contribution is 0.419. The molecule has 0 saturated heterocycles. The van der Waals surface area contributed by atoms with Crippen LogP contribution in [0.25, 0.3) is 27.9 Å². The Labute approximate surface area is 148 Å². The van der Waals surface area contributed by atoms with Crippen molar-refractivity contribution in [3.8, 4) is 29.1 Å². The summed E-state index contributed by atoms with van der Waals surface area (Å²) in [5.41, 5.74) is 0.973. The lowest BCUT2D eigenvalue weighted by Gasteiger charge is -2.10. The maximum absolute atomic E-state index is 14.1. The number of nitriles is 2. The molecule has 2 aromatic carbocycles. The predicted molar refractivity (Wildman–Crippen MR) is 94.5 cm³/mol. The molecule has 26 heavy (non-hydrogen) atoms. The molecule has 0 saturated carbocycles. The van der Waals surface area contributed by atoms with Crippen molar-refractivity contribution in [2.45, 2.75) is 0 Å². The van der Waals surface area contributed by atoms with Gasteiger partial charge in [-0.15, -0.1) is 0 Å². The summed E-state index contributed by atoms with van der Waals surface area (Å²) in [4.78, 5) is 4.45. The molecule has 3 aromatic rings. The molecule has 0 radical (unpaired) electrons. The minimum absolute atomic E-state index is 0.260. The van der Waals surface area contributed by atoms with Gasteiger partial charge in [-0.05, 0) is 24.3 Å². The second-order valence-electron chi connectivity index (χ2n) is 5.37. The predicted octanol–water partition coefficient (Wildman–Crippen LogP) is 4.37. The van der Waals surface area contributed by atoms with Gasteiger partial charge < -0.3 is 9.84 Å². The van der Waals surface area contributed by atoms with Crippen molar-refractivity contribution in [3.05, 3.63) is 65.5 Å². The van der Waals surface area contributed by atoms with Gasteiger partial charge >= 0.3 is 0 Å². The van der Waals surface area contributed by atoms with E-state index in [4.69, 9.17) is 15.3 Å². The fourth-order valence-corrected chi connectivity index (χ4v) is 2.59. The van der Waals surface area contributed by atoms with E-state index < -0.39 is 17.1 Å². The number of rotatable bonds is 3. The summed E-state index contributed by atoms with van der Waals surface area (Å²) >= 11 is 0. The van der Waals surface area contributed by atoms with E-state index in [9.17, 15) is 9.50 Å². The molecule has 0 spiro atoms. The Kier molecular flexibility index (Phi) is 4.51. The molecular formula is C20H12FN3O2. The van der Waals surface area contributed by atoms with Crippen molar-refractivity contribution in [3.63, 3.8) is 0 Å². The number of methoxy groups -OCH3 is 1. The topological polar surface area (TPSA) is 89.9 Å². The van der Waals surface area contributed by atoms with E-state index >= 15 is 0 Å². The lowest BCUT2D eigenvalue weighted by Crippen LogP contribution is -1.95. The molecule has 126 valence electrons. The fraction of sp³-hybridized carbons (Fsp3) is 0.0500. The van der Waals surface area contributed by atoms with E-state index in [1.807, 2.05) is 0 Å². The van der Waals surface area contributed by atoms with Crippen LogP contribution in [0.4, 0.5) is 4.39 Å². The van der Waals surface area contributed by atoms with Crippen LogP contribution in [0.2, 0.25) is 0 Å². The first-order chi connectivity index (χ1) is 12.6. The summed E-state index contributed by atoms with van der Waals surface area (Å²) < 4.78 is 19.5. The molecule has 0 unspecified atom stereocenters. The second-order valence-corrected chi connectivity index (χ2v) is 5.37. The number of allylic oxidation sites excluding steroid dienone is 1. The Bertz CT molecular complexity index is 1110. The van der Waals surface area contributed by atoms with Gasteiger partial charge in [0.1, 0.15) is 23.7 Å². The van der Waals surface area contributed by atoms with Crippen LogP contribution in [0.5, 0.6) is 5.75 Å². The summed E-state index contributed by atoms with van der Waals surface area (Å²) in [6.45, 7) is 0. The highest BCUT2D eigenvalue weighted by Crippen LogP contribution is 2.32. The van der Waals surface area contributed by atoms with Gasteiger partial charge in [0, 0.05) is 22.6 Å². The van der Waals surface area contributed by atoms with E-state index in [1.54, 1.807) is 48.5 Å². The quantitative estimate of drug-likeness (QED) is 0.562. The summed E-state index contributed by atoms with van der Waals surface area (Å²) in [5, 5.41) is 28.6. The molecule has 3 rings (SSSR count). The third-order valence-corrected chi connectivity index (χ3v) is 3.88. The number of fused-ring (bicyclic) bond motifs is 1. The van der Waals surface area contributed by atoms with E-state index in [-0.39, 0.29) is 5.56 Å². The minimum Gasteiger partial charge on any atom is -0.505 e. The minimum atomic E-state index is -0.436. The zero-order valence-corrected chi connectivity index (χ0v) is 13.7. The normalized spacial score (nSPS) is 10.0. The van der Waals surface area contributed by atoms with Gasteiger partial charge in [-0.1, -0.05) is 18.2 Å². The number of aliphatic hydroxyl groups is 1. The largest absolute Gasteiger partial charge is 0.505 e. The molecule has 5 nitrogen and oxygen atoms in total. The van der Waals surface area contributed by atoms with Crippen LogP contribution in [-0.4, -0.2) is 17.2 Å². The van der Waals surface area contributed by atoms with Gasteiger partial charge in [0.05, 0.1) is 18.3 Å². The zero-order valence-electron chi connectivity index (χ0n) is 13.7. The molecule has 1 N–H and O–H groups in total. The second kappa shape index (κ2) is 6.92.